The minimum atomic E-state index is -0.633. The number of aromatic amines is 1. The monoisotopic (exact) mass is 379 g/mol. The van der Waals surface area contributed by atoms with Gasteiger partial charge in [0.25, 0.3) is 5.56 Å². The summed E-state index contributed by atoms with van der Waals surface area (Å²) in [5.74, 6) is 0. The normalized spacial score (nSPS) is 12.1. The number of thiol groups is 1. The Morgan fingerprint density at radius 2 is 1.79 bits per heavy atom. The number of hydrogen-bond donors (Lipinski definition) is 2. The molecular weight excluding hydrogens is 369 g/mol. The molecule has 8 heteroatoms. The summed E-state index contributed by atoms with van der Waals surface area (Å²) in [6.07, 6.45) is 1.03. The molecule has 5 nitrogen and oxygen atoms in total. The van der Waals surface area contributed by atoms with Gasteiger partial charge in [-0.15, -0.1) is 0 Å². The maximum Gasteiger partial charge on any atom is 0.349 e. The number of halogens is 2. The van der Waals surface area contributed by atoms with Gasteiger partial charge in [-0.3, -0.25) is 9.78 Å². The smallest absolute Gasteiger partial charge is 0.271 e. The molecule has 0 fully saturated rings. The summed E-state index contributed by atoms with van der Waals surface area (Å²) in [6, 6.07) is 12.4. The Morgan fingerprint density at radius 1 is 1.08 bits per heavy atom. The first-order chi connectivity index (χ1) is 11.5. The Morgan fingerprint density at radius 3 is 2.42 bits per heavy atom. The highest BCUT2D eigenvalue weighted by molar-refractivity contribution is 7.80. The van der Waals surface area contributed by atoms with Crippen molar-refractivity contribution in [2.75, 3.05) is 0 Å². The van der Waals surface area contributed by atoms with Crippen molar-refractivity contribution in [3.63, 3.8) is 0 Å². The van der Waals surface area contributed by atoms with E-state index in [2.05, 4.69) is 22.7 Å². The van der Waals surface area contributed by atoms with Crippen LogP contribution in [0.4, 0.5) is 0 Å². The van der Waals surface area contributed by atoms with E-state index < -0.39 is 11.2 Å². The van der Waals surface area contributed by atoms with Gasteiger partial charge in [0.2, 0.25) is 0 Å². The van der Waals surface area contributed by atoms with Crippen molar-refractivity contribution in [3.8, 4) is 5.69 Å². The van der Waals surface area contributed by atoms with Gasteiger partial charge in [-0.2, -0.15) is 22.4 Å². The quantitative estimate of drug-likeness (QED) is 0.686. The Hall–Kier alpha value is -2.02. The molecule has 1 aromatic heterocycles. The number of H-pyrrole nitrogens is 1. The topological polar surface area (TPSA) is 67.8 Å². The summed E-state index contributed by atoms with van der Waals surface area (Å²) in [5, 5.41) is 4.63. The Labute approximate surface area is 152 Å². The molecule has 0 aliphatic carbocycles. The molecule has 0 radical (unpaired) electrons. The molecule has 0 bridgehead atoms. The molecule has 0 spiro atoms. The first-order valence-corrected chi connectivity index (χ1v) is 8.15. The van der Waals surface area contributed by atoms with Gasteiger partial charge in [0.05, 0.1) is 10.9 Å². The van der Waals surface area contributed by atoms with Crippen LogP contribution < -0.4 is 11.2 Å². The second kappa shape index (κ2) is 6.84. The number of rotatable bonds is 3. The molecule has 0 aliphatic rings. The number of nitrogens with zero attached hydrogens (tertiary/aromatic N) is 2. The third-order valence-corrected chi connectivity index (χ3v) is 4.58. The maximum absolute atomic E-state index is 11.8. The average Bonchev–Trinajstić information content (AvgIpc) is 2.55. The first kappa shape index (κ1) is 16.8. The van der Waals surface area contributed by atoms with E-state index in [1.165, 1.54) is 0 Å². The molecular formula is C16H11Cl2N3O2S. The van der Waals surface area contributed by atoms with Crippen LogP contribution in [0.2, 0.25) is 10.0 Å². The van der Waals surface area contributed by atoms with Crippen LogP contribution in [0, 0.1) is 0 Å². The van der Waals surface area contributed by atoms with E-state index in [4.69, 9.17) is 23.2 Å². The summed E-state index contributed by atoms with van der Waals surface area (Å²) in [7, 11) is 0. The van der Waals surface area contributed by atoms with Crippen LogP contribution in [0.5, 0.6) is 0 Å². The number of nitrogens with one attached hydrogen (secondary N) is 1. The zero-order valence-electron chi connectivity index (χ0n) is 12.1. The fourth-order valence-corrected chi connectivity index (χ4v) is 3.11. The highest BCUT2D eigenvalue weighted by Gasteiger charge is 2.14. The van der Waals surface area contributed by atoms with Crippen LogP contribution >= 0.6 is 35.8 Å². The summed E-state index contributed by atoms with van der Waals surface area (Å²) in [6.45, 7) is 0. The van der Waals surface area contributed by atoms with Crippen molar-refractivity contribution < 1.29 is 0 Å². The van der Waals surface area contributed by atoms with Gasteiger partial charge in [0, 0.05) is 10.0 Å². The van der Waals surface area contributed by atoms with Crippen molar-refractivity contribution >= 4 is 35.8 Å². The van der Waals surface area contributed by atoms with Crippen molar-refractivity contribution in [3.05, 3.63) is 90.7 Å². The molecule has 0 aliphatic heterocycles. The van der Waals surface area contributed by atoms with Crippen molar-refractivity contribution in [2.45, 2.75) is 5.25 Å². The van der Waals surface area contributed by atoms with Crippen LogP contribution in [0.15, 0.2) is 58.3 Å². The van der Waals surface area contributed by atoms with E-state index in [1.54, 1.807) is 30.3 Å². The number of benzene rings is 2. The molecule has 3 aromatic rings. The summed E-state index contributed by atoms with van der Waals surface area (Å²) in [5.41, 5.74) is 0.977. The standard InChI is InChI=1S/C16H11Cl2N3O2S/c17-10-3-1-9(2-4-10)15(24)12-6-5-11(7-13(12)18)21-16(23)20-14(22)8-19-21/h1-8,15,24H,(H,20,22,23). The van der Waals surface area contributed by atoms with Gasteiger partial charge >= 0.3 is 5.69 Å². The van der Waals surface area contributed by atoms with E-state index in [0.29, 0.717) is 15.7 Å². The van der Waals surface area contributed by atoms with E-state index in [-0.39, 0.29) is 5.25 Å². The highest BCUT2D eigenvalue weighted by Crippen LogP contribution is 2.34. The van der Waals surface area contributed by atoms with Crippen molar-refractivity contribution in [1.82, 2.24) is 14.8 Å². The van der Waals surface area contributed by atoms with Gasteiger partial charge in [0.15, 0.2) is 0 Å². The molecule has 0 saturated heterocycles. The fraction of sp³-hybridized carbons (Fsp3) is 0.0625. The van der Waals surface area contributed by atoms with E-state index in [0.717, 1.165) is 22.0 Å². The summed E-state index contributed by atoms with van der Waals surface area (Å²) < 4.78 is 1.06. The Balaban J connectivity index is 1.99. The van der Waals surface area contributed by atoms with Gasteiger partial charge in [0.1, 0.15) is 6.20 Å². The van der Waals surface area contributed by atoms with Crippen LogP contribution in [0.1, 0.15) is 16.4 Å². The van der Waals surface area contributed by atoms with Crippen LogP contribution in [0.3, 0.4) is 0 Å². The lowest BCUT2D eigenvalue weighted by Gasteiger charge is -2.14. The largest absolute Gasteiger partial charge is 0.349 e. The van der Waals surface area contributed by atoms with Gasteiger partial charge in [-0.1, -0.05) is 41.4 Å². The molecule has 1 N–H and O–H groups in total. The molecule has 1 heterocycles. The second-order valence-electron chi connectivity index (χ2n) is 5.01. The Bertz CT molecular complexity index is 999. The molecule has 1 unspecified atom stereocenters. The fourth-order valence-electron chi connectivity index (χ4n) is 2.23. The first-order valence-electron chi connectivity index (χ1n) is 6.88. The van der Waals surface area contributed by atoms with Gasteiger partial charge < -0.3 is 0 Å². The lowest BCUT2D eigenvalue weighted by atomic mass is 10.0. The lowest BCUT2D eigenvalue weighted by Crippen LogP contribution is -2.30. The zero-order valence-corrected chi connectivity index (χ0v) is 14.5. The lowest BCUT2D eigenvalue weighted by molar-refractivity contribution is 0.749. The molecule has 0 saturated carbocycles. The maximum atomic E-state index is 11.8. The van der Waals surface area contributed by atoms with Gasteiger partial charge in [-0.25, -0.2) is 4.79 Å². The minimum absolute atomic E-state index is 0.246. The van der Waals surface area contributed by atoms with Crippen molar-refractivity contribution in [2.24, 2.45) is 0 Å². The molecule has 2 aromatic carbocycles. The van der Waals surface area contributed by atoms with Crippen LogP contribution in [-0.4, -0.2) is 14.8 Å². The Kier molecular flexibility index (Phi) is 4.80. The summed E-state index contributed by atoms with van der Waals surface area (Å²) >= 11 is 16.9. The predicted octanol–water partition coefficient (Wildman–Crippen LogP) is 3.25. The molecule has 0 amide bonds. The zero-order chi connectivity index (χ0) is 17.3. The molecule has 3 rings (SSSR count). The van der Waals surface area contributed by atoms with E-state index >= 15 is 0 Å². The highest BCUT2D eigenvalue weighted by atomic mass is 35.5. The van der Waals surface area contributed by atoms with Crippen LogP contribution in [0.25, 0.3) is 5.69 Å². The molecule has 122 valence electrons. The number of aromatic nitrogens is 3. The third kappa shape index (κ3) is 3.40. The average molecular weight is 380 g/mol. The van der Waals surface area contributed by atoms with E-state index in [1.807, 2.05) is 12.1 Å². The van der Waals surface area contributed by atoms with Gasteiger partial charge in [-0.05, 0) is 35.4 Å². The van der Waals surface area contributed by atoms with E-state index in [9.17, 15) is 9.59 Å². The third-order valence-electron chi connectivity index (χ3n) is 3.42. The minimum Gasteiger partial charge on any atom is -0.271 e. The van der Waals surface area contributed by atoms with Crippen LogP contribution in [-0.2, 0) is 0 Å². The SMILES string of the molecule is O=c1cnn(-c2ccc(C(S)c3ccc(Cl)cc3)c(Cl)c2)c(=O)[nH]1. The molecule has 24 heavy (non-hydrogen) atoms. The second-order valence-corrected chi connectivity index (χ2v) is 6.37. The number of hydrogen-bond acceptors (Lipinski definition) is 4. The predicted molar refractivity (Wildman–Crippen MR) is 97.7 cm³/mol. The van der Waals surface area contributed by atoms with Crippen molar-refractivity contribution in [1.29, 1.82) is 0 Å². The molecule has 1 atom stereocenters. The summed E-state index contributed by atoms with van der Waals surface area (Å²) in [4.78, 5) is 25.0.